The van der Waals surface area contributed by atoms with Crippen LogP contribution in [0.5, 0.6) is 0 Å². The highest BCUT2D eigenvalue weighted by Gasteiger charge is 2.68. The van der Waals surface area contributed by atoms with Crippen molar-refractivity contribution < 1.29 is 13.6 Å². The van der Waals surface area contributed by atoms with Crippen LogP contribution in [0.4, 0.5) is 0 Å². The first-order chi connectivity index (χ1) is 14.1. The maximum Gasteiger partial charge on any atom is 0.371 e. The van der Waals surface area contributed by atoms with Crippen LogP contribution < -0.4 is 0 Å². The summed E-state index contributed by atoms with van der Waals surface area (Å²) in [6, 6.07) is 1.07. The normalized spacial score (nSPS) is 23.4. The van der Waals surface area contributed by atoms with Gasteiger partial charge in [0.2, 0.25) is 0 Å². The third-order valence-electron chi connectivity index (χ3n) is 7.76. The van der Waals surface area contributed by atoms with Crippen LogP contribution in [-0.4, -0.2) is 35.1 Å². The molecule has 1 unspecified atom stereocenters. The first-order valence-electron chi connectivity index (χ1n) is 12.7. The molecule has 0 aromatic rings. The highest BCUT2D eigenvalue weighted by Crippen LogP contribution is 2.58. The molecular weight excluding hydrogens is 376 g/mol. The van der Waals surface area contributed by atoms with Crippen molar-refractivity contribution in [3.05, 3.63) is 0 Å². The van der Waals surface area contributed by atoms with Crippen LogP contribution in [0.25, 0.3) is 0 Å². The highest BCUT2D eigenvalue weighted by atomic mass is 28.4. The molecule has 1 fully saturated rings. The lowest BCUT2D eigenvalue weighted by molar-refractivity contribution is -0.117. The monoisotopic (exact) mass is 428 g/mol. The Bertz CT molecular complexity index is 397. The van der Waals surface area contributed by atoms with Gasteiger partial charge in [-0.05, 0) is 31.7 Å². The van der Waals surface area contributed by atoms with E-state index in [2.05, 4.69) is 20.8 Å². The van der Waals surface area contributed by atoms with Crippen LogP contribution in [0.3, 0.4) is 0 Å². The van der Waals surface area contributed by atoms with E-state index in [1.807, 2.05) is 21.3 Å². The number of hydrogen-bond acceptors (Lipinski definition) is 3. The van der Waals surface area contributed by atoms with E-state index in [1.165, 1.54) is 89.9 Å². The van der Waals surface area contributed by atoms with Gasteiger partial charge in [0.05, 0.1) is 0 Å². The molecule has 3 nitrogen and oxygen atoms in total. The van der Waals surface area contributed by atoms with Crippen molar-refractivity contribution in [2.75, 3.05) is 21.3 Å². The second-order valence-corrected chi connectivity index (χ2v) is 13.0. The van der Waals surface area contributed by atoms with E-state index in [4.69, 9.17) is 13.6 Å². The smallest absolute Gasteiger partial charge is 0.371 e. The molecule has 0 bridgehead atoms. The lowest BCUT2D eigenvalue weighted by Crippen LogP contribution is -2.72. The molecule has 0 N–H and O–H groups in total. The van der Waals surface area contributed by atoms with Crippen LogP contribution in [0.1, 0.15) is 124 Å². The molecule has 0 aromatic heterocycles. The van der Waals surface area contributed by atoms with Crippen molar-refractivity contribution in [3.63, 3.8) is 0 Å². The number of ether oxygens (including phenoxy) is 1. The van der Waals surface area contributed by atoms with E-state index in [0.29, 0.717) is 0 Å². The molecule has 0 saturated carbocycles. The van der Waals surface area contributed by atoms with Crippen LogP contribution >= 0.6 is 0 Å². The van der Waals surface area contributed by atoms with Crippen molar-refractivity contribution in [1.29, 1.82) is 0 Å². The molecule has 0 spiro atoms. The number of unbranched alkanes of at least 4 members (excludes halogenated alkanes) is 8. The molecule has 0 amide bonds. The summed E-state index contributed by atoms with van der Waals surface area (Å²) in [4.78, 5) is 0. The summed E-state index contributed by atoms with van der Waals surface area (Å²) in [5, 5.41) is -0.216. The van der Waals surface area contributed by atoms with Crippen LogP contribution in [-0.2, 0) is 13.6 Å². The minimum absolute atomic E-state index is 0.215. The first-order valence-corrected chi connectivity index (χ1v) is 14.7. The molecular formula is C25H52O3Si. The average molecular weight is 429 g/mol. The summed E-state index contributed by atoms with van der Waals surface area (Å²) in [7, 11) is 3.28. The van der Waals surface area contributed by atoms with E-state index < -0.39 is 8.56 Å². The van der Waals surface area contributed by atoms with Crippen molar-refractivity contribution in [2.24, 2.45) is 5.41 Å². The van der Waals surface area contributed by atoms with E-state index in [0.717, 1.165) is 18.9 Å². The lowest BCUT2D eigenvalue weighted by Gasteiger charge is -2.60. The molecule has 1 saturated heterocycles. The first kappa shape index (κ1) is 27.1. The average Bonchev–Trinajstić information content (AvgIpc) is 2.74. The largest absolute Gasteiger partial charge is 0.396 e. The Balaban J connectivity index is 3.15. The summed E-state index contributed by atoms with van der Waals surface area (Å²) in [5.74, 6) is 0. The summed E-state index contributed by atoms with van der Waals surface area (Å²) >= 11 is 0. The Morgan fingerprint density at radius 1 is 0.655 bits per heavy atom. The van der Waals surface area contributed by atoms with Gasteiger partial charge in [0.1, 0.15) is 5.22 Å². The zero-order valence-corrected chi connectivity index (χ0v) is 21.7. The van der Waals surface area contributed by atoms with Gasteiger partial charge in [0.15, 0.2) is 0 Å². The molecule has 0 aromatic carbocycles. The predicted molar refractivity (Wildman–Crippen MR) is 128 cm³/mol. The van der Waals surface area contributed by atoms with E-state index in [9.17, 15) is 0 Å². The summed E-state index contributed by atoms with van der Waals surface area (Å²) in [5.41, 5.74) is 0.215. The minimum atomic E-state index is -2.44. The molecule has 0 aliphatic carbocycles. The van der Waals surface area contributed by atoms with Crippen molar-refractivity contribution in [2.45, 2.75) is 135 Å². The topological polar surface area (TPSA) is 27.7 Å². The SMILES string of the molecule is CCCCCCCC1(CCCCCCC)CCC[Si](OC)(OC)C1(CCC)OC. The van der Waals surface area contributed by atoms with Crippen molar-refractivity contribution in [3.8, 4) is 0 Å². The third-order valence-corrected chi connectivity index (χ3v) is 12.3. The maximum atomic E-state index is 6.60. The van der Waals surface area contributed by atoms with Gasteiger partial charge in [-0.1, -0.05) is 97.8 Å². The van der Waals surface area contributed by atoms with Crippen LogP contribution in [0, 0.1) is 5.41 Å². The van der Waals surface area contributed by atoms with Crippen molar-refractivity contribution >= 4 is 8.56 Å². The van der Waals surface area contributed by atoms with Gasteiger partial charge in [-0.15, -0.1) is 0 Å². The zero-order chi connectivity index (χ0) is 21.6. The molecule has 0 radical (unpaired) electrons. The molecule has 4 heteroatoms. The Kier molecular flexibility index (Phi) is 13.3. The standard InChI is InChI=1S/C25H52O3Si/c1-7-10-12-14-16-20-24(21-17-15-13-11-8-2)22-18-23-29(27-5,28-6)25(24,26-4)19-9-3/h7-23H2,1-6H3. The quantitative estimate of drug-likeness (QED) is 0.174. The Labute approximate surface area is 183 Å². The maximum absolute atomic E-state index is 6.60. The van der Waals surface area contributed by atoms with Gasteiger partial charge < -0.3 is 13.6 Å². The molecule has 1 heterocycles. The predicted octanol–water partition coefficient (Wildman–Crippen LogP) is 7.95. The van der Waals surface area contributed by atoms with Crippen LogP contribution in [0.15, 0.2) is 0 Å². The van der Waals surface area contributed by atoms with E-state index in [-0.39, 0.29) is 10.6 Å². The second kappa shape index (κ2) is 14.2. The van der Waals surface area contributed by atoms with Gasteiger partial charge in [-0.25, -0.2) is 0 Å². The molecule has 174 valence electrons. The Hall–Kier alpha value is 0.0969. The molecule has 1 atom stereocenters. The molecule has 29 heavy (non-hydrogen) atoms. The fourth-order valence-corrected chi connectivity index (χ4v) is 10.7. The Morgan fingerprint density at radius 2 is 1.17 bits per heavy atom. The number of hydrogen-bond donors (Lipinski definition) is 0. The summed E-state index contributed by atoms with van der Waals surface area (Å²) in [6.45, 7) is 6.90. The minimum Gasteiger partial charge on any atom is -0.396 e. The van der Waals surface area contributed by atoms with Gasteiger partial charge in [0.25, 0.3) is 0 Å². The number of rotatable bonds is 17. The van der Waals surface area contributed by atoms with Gasteiger partial charge >= 0.3 is 8.56 Å². The second-order valence-electron chi connectivity index (χ2n) is 9.40. The summed E-state index contributed by atoms with van der Waals surface area (Å²) < 4.78 is 19.2. The third kappa shape index (κ3) is 6.30. The van der Waals surface area contributed by atoms with E-state index in [1.54, 1.807) is 0 Å². The van der Waals surface area contributed by atoms with Gasteiger partial charge in [-0.3, -0.25) is 0 Å². The summed E-state index contributed by atoms with van der Waals surface area (Å²) in [6.07, 6.45) is 20.7. The van der Waals surface area contributed by atoms with Crippen LogP contribution in [0.2, 0.25) is 6.04 Å². The molecule has 1 aliphatic rings. The highest BCUT2D eigenvalue weighted by molar-refractivity contribution is 6.71. The molecule has 1 rings (SSSR count). The number of methoxy groups -OCH3 is 1. The van der Waals surface area contributed by atoms with E-state index >= 15 is 0 Å². The Morgan fingerprint density at radius 3 is 1.59 bits per heavy atom. The zero-order valence-electron chi connectivity index (χ0n) is 20.7. The lowest BCUT2D eigenvalue weighted by atomic mass is 9.68. The fraction of sp³-hybridized carbons (Fsp3) is 1.00. The fourth-order valence-electron chi connectivity index (χ4n) is 6.28. The van der Waals surface area contributed by atoms with Gasteiger partial charge in [-0.2, -0.15) is 0 Å². The van der Waals surface area contributed by atoms with Gasteiger partial charge in [0, 0.05) is 26.7 Å². The van der Waals surface area contributed by atoms with Crippen molar-refractivity contribution in [1.82, 2.24) is 0 Å². The molecule has 1 aliphatic heterocycles.